The highest BCUT2D eigenvalue weighted by atomic mass is 19.1. The van der Waals surface area contributed by atoms with Gasteiger partial charge in [0.1, 0.15) is 11.7 Å². The predicted octanol–water partition coefficient (Wildman–Crippen LogP) is 2.39. The van der Waals surface area contributed by atoms with Crippen LogP contribution in [0.4, 0.5) is 10.1 Å². The predicted molar refractivity (Wildman–Crippen MR) is 115 cm³/mol. The zero-order chi connectivity index (χ0) is 21.8. The van der Waals surface area contributed by atoms with E-state index >= 15 is 0 Å². The van der Waals surface area contributed by atoms with Gasteiger partial charge in [-0.25, -0.2) is 9.37 Å². The lowest BCUT2D eigenvalue weighted by atomic mass is 9.82. The average Bonchev–Trinajstić information content (AvgIpc) is 3.36. The Kier molecular flexibility index (Phi) is 4.75. The highest BCUT2D eigenvalue weighted by Gasteiger charge is 2.52. The maximum absolute atomic E-state index is 13.4. The fourth-order valence-electron chi connectivity index (χ4n) is 5.27. The number of anilines is 1. The van der Waals surface area contributed by atoms with Gasteiger partial charge in [0.05, 0.1) is 17.9 Å². The number of likely N-dealkylation sites (tertiary alicyclic amines) is 1. The van der Waals surface area contributed by atoms with Gasteiger partial charge in [-0.1, -0.05) is 0 Å². The minimum absolute atomic E-state index is 0.0347. The lowest BCUT2D eigenvalue weighted by molar-refractivity contribution is -0.139. The largest absolute Gasteiger partial charge is 0.352 e. The molecule has 0 bridgehead atoms. The van der Waals surface area contributed by atoms with Crippen molar-refractivity contribution in [3.8, 4) is 5.82 Å². The number of hydrogen-bond acceptors (Lipinski definition) is 4. The van der Waals surface area contributed by atoms with Crippen LogP contribution in [0.3, 0.4) is 0 Å². The first-order valence-electron chi connectivity index (χ1n) is 11.0. The topological polar surface area (TPSA) is 70.5 Å². The van der Waals surface area contributed by atoms with E-state index in [1.807, 2.05) is 43.1 Å². The van der Waals surface area contributed by atoms with Crippen molar-refractivity contribution in [2.45, 2.75) is 50.9 Å². The van der Waals surface area contributed by atoms with Crippen LogP contribution in [0.25, 0.3) is 5.82 Å². The molecule has 1 saturated heterocycles. The van der Waals surface area contributed by atoms with Gasteiger partial charge in [0.25, 0.3) is 0 Å². The van der Waals surface area contributed by atoms with Crippen molar-refractivity contribution in [3.63, 3.8) is 0 Å². The molecule has 1 unspecified atom stereocenters. The van der Waals surface area contributed by atoms with E-state index in [2.05, 4.69) is 25.8 Å². The number of rotatable bonds is 4. The molecule has 1 spiro atoms. The molecule has 3 aliphatic rings. The highest BCUT2D eigenvalue weighted by Crippen LogP contribution is 2.47. The molecular formula is C23H28FN5O2. The van der Waals surface area contributed by atoms with Gasteiger partial charge in [-0.2, -0.15) is 0 Å². The summed E-state index contributed by atoms with van der Waals surface area (Å²) in [5.74, 6) is 0.544. The Balaban J connectivity index is 1.52. The van der Waals surface area contributed by atoms with Crippen molar-refractivity contribution in [3.05, 3.63) is 42.4 Å². The van der Waals surface area contributed by atoms with Gasteiger partial charge in [0, 0.05) is 37.4 Å². The molecule has 2 aromatic heterocycles. The first-order chi connectivity index (χ1) is 14.9. The molecular weight excluding hydrogens is 397 g/mol. The second-order valence-electron chi connectivity index (χ2n) is 9.22. The number of halogens is 1. The Hall–Kier alpha value is -2.90. The fraction of sp³-hybridized carbons (Fsp3) is 0.522. The average molecular weight is 426 g/mol. The van der Waals surface area contributed by atoms with Gasteiger partial charge >= 0.3 is 0 Å². The zero-order valence-corrected chi connectivity index (χ0v) is 17.9. The number of nitrogens with zero attached hydrogens (tertiary/aromatic N) is 4. The molecule has 1 atom stereocenters. The van der Waals surface area contributed by atoms with Crippen LogP contribution < -0.4 is 10.2 Å². The van der Waals surface area contributed by atoms with Crippen LogP contribution in [-0.4, -0.2) is 58.1 Å². The molecule has 2 fully saturated rings. The van der Waals surface area contributed by atoms with Crippen molar-refractivity contribution >= 4 is 17.5 Å². The number of nitrogens with one attached hydrogen (secondary N) is 1. The van der Waals surface area contributed by atoms with E-state index in [0.717, 1.165) is 17.2 Å². The Bertz CT molecular complexity index is 1010. The van der Waals surface area contributed by atoms with Gasteiger partial charge in [-0.15, -0.1) is 0 Å². The molecule has 4 heterocycles. The summed E-state index contributed by atoms with van der Waals surface area (Å²) in [7, 11) is 0. The van der Waals surface area contributed by atoms with Crippen LogP contribution >= 0.6 is 0 Å². The molecule has 164 valence electrons. The molecule has 1 saturated carbocycles. The molecule has 2 amide bonds. The zero-order valence-electron chi connectivity index (χ0n) is 17.9. The van der Waals surface area contributed by atoms with Crippen LogP contribution in [0.2, 0.25) is 0 Å². The second-order valence-corrected chi connectivity index (χ2v) is 9.22. The van der Waals surface area contributed by atoms with Gasteiger partial charge < -0.3 is 19.7 Å². The van der Waals surface area contributed by atoms with Crippen molar-refractivity contribution in [2.75, 3.05) is 24.5 Å². The molecule has 31 heavy (non-hydrogen) atoms. The fourth-order valence-corrected chi connectivity index (χ4v) is 5.27. The van der Waals surface area contributed by atoms with E-state index < -0.39 is 11.7 Å². The molecule has 0 aromatic carbocycles. The first-order valence-corrected chi connectivity index (χ1v) is 11.0. The summed E-state index contributed by atoms with van der Waals surface area (Å²) in [6.07, 6.45) is 4.24. The number of carbonyl (C=O) groups excluding carboxylic acids is 2. The Morgan fingerprint density at radius 1 is 1.29 bits per heavy atom. The summed E-state index contributed by atoms with van der Waals surface area (Å²) >= 11 is 0. The third-order valence-electron chi connectivity index (χ3n) is 6.77. The number of alkyl halides is 1. The molecule has 1 N–H and O–H groups in total. The third-order valence-corrected chi connectivity index (χ3v) is 6.77. The maximum Gasteiger partial charge on any atom is 0.239 e. The molecule has 1 aliphatic carbocycles. The van der Waals surface area contributed by atoms with Gasteiger partial charge in [-0.05, 0) is 57.4 Å². The Labute approximate surface area is 181 Å². The number of carbonyl (C=O) groups is 2. The van der Waals surface area contributed by atoms with Crippen LogP contribution in [0.5, 0.6) is 0 Å². The summed E-state index contributed by atoms with van der Waals surface area (Å²) in [6, 6.07) is 7.94. The molecule has 5 rings (SSSR count). The molecule has 7 nitrogen and oxygen atoms in total. The summed E-state index contributed by atoms with van der Waals surface area (Å²) in [5, 5.41) is 2.99. The molecule has 8 heteroatoms. The number of pyridine rings is 1. The van der Waals surface area contributed by atoms with E-state index in [0.29, 0.717) is 32.4 Å². The second kappa shape index (κ2) is 7.35. The SMILES string of the molecule is CC(C)NC(=O)CN1c2cccnc2-n2cccc2C12CCN(C(=O)C1CC(F)C1)C2. The smallest absolute Gasteiger partial charge is 0.239 e. The number of aromatic nitrogens is 2. The van der Waals surface area contributed by atoms with Crippen LogP contribution in [0.15, 0.2) is 36.7 Å². The minimum Gasteiger partial charge on any atom is -0.352 e. The molecule has 2 aromatic rings. The number of hydrogen-bond donors (Lipinski definition) is 1. The normalized spacial score (nSPS) is 26.6. The lowest BCUT2D eigenvalue weighted by Gasteiger charge is -2.47. The first kappa shape index (κ1) is 20.0. The number of amides is 2. The standard InChI is InChI=1S/C23H28FN5O2/c1-15(2)26-20(30)13-29-18-5-3-8-25-21(18)28-9-4-6-19(28)23(29)7-10-27(14-23)22(31)16-11-17(24)12-16/h3-6,8-9,15-17H,7,10-14H2,1-2H3,(H,26,30). The van der Waals surface area contributed by atoms with E-state index in [-0.39, 0.29) is 30.3 Å². The van der Waals surface area contributed by atoms with Crippen molar-refractivity contribution in [1.29, 1.82) is 0 Å². The van der Waals surface area contributed by atoms with Gasteiger partial charge in [-0.3, -0.25) is 9.59 Å². The van der Waals surface area contributed by atoms with Crippen molar-refractivity contribution < 1.29 is 14.0 Å². The highest BCUT2D eigenvalue weighted by molar-refractivity contribution is 5.85. The third kappa shape index (κ3) is 3.20. The van der Waals surface area contributed by atoms with E-state index in [1.165, 1.54) is 0 Å². The van der Waals surface area contributed by atoms with Crippen molar-refractivity contribution in [2.24, 2.45) is 5.92 Å². The van der Waals surface area contributed by atoms with E-state index in [9.17, 15) is 14.0 Å². The van der Waals surface area contributed by atoms with Crippen LogP contribution in [0, 0.1) is 5.92 Å². The van der Waals surface area contributed by atoms with Crippen LogP contribution in [0.1, 0.15) is 38.8 Å². The van der Waals surface area contributed by atoms with E-state index in [4.69, 9.17) is 0 Å². The summed E-state index contributed by atoms with van der Waals surface area (Å²) < 4.78 is 15.4. The maximum atomic E-state index is 13.4. The quantitative estimate of drug-likeness (QED) is 0.817. The summed E-state index contributed by atoms with van der Waals surface area (Å²) in [6.45, 7) is 5.14. The van der Waals surface area contributed by atoms with Crippen molar-refractivity contribution in [1.82, 2.24) is 19.8 Å². The lowest BCUT2D eigenvalue weighted by Crippen LogP contribution is -2.56. The summed E-state index contributed by atoms with van der Waals surface area (Å²) in [5.41, 5.74) is 1.39. The minimum atomic E-state index is -0.855. The molecule has 0 radical (unpaired) electrons. The number of fused-ring (bicyclic) bond motifs is 4. The monoisotopic (exact) mass is 425 g/mol. The van der Waals surface area contributed by atoms with E-state index in [1.54, 1.807) is 6.20 Å². The Morgan fingerprint density at radius 2 is 2.10 bits per heavy atom. The van der Waals surface area contributed by atoms with Gasteiger partial charge in [0.2, 0.25) is 11.8 Å². The van der Waals surface area contributed by atoms with Crippen LogP contribution in [-0.2, 0) is 15.1 Å². The molecule has 2 aliphatic heterocycles. The Morgan fingerprint density at radius 3 is 2.84 bits per heavy atom. The summed E-state index contributed by atoms with van der Waals surface area (Å²) in [4.78, 5) is 34.4. The van der Waals surface area contributed by atoms with Gasteiger partial charge in [0.15, 0.2) is 5.82 Å².